The standard InChI is InChI=1S/C12H13N5/c1-2-14-7-10-3-4-12(11(5-10)6-13)17-9-15-8-16-17/h3-5,8-9,14H,2,7H2,1H3. The van der Waals surface area contributed by atoms with E-state index in [4.69, 9.17) is 5.26 Å². The molecule has 0 aliphatic rings. The molecule has 86 valence electrons. The van der Waals surface area contributed by atoms with Crippen molar-refractivity contribution in [2.75, 3.05) is 6.54 Å². The van der Waals surface area contributed by atoms with Crippen LogP contribution in [0.15, 0.2) is 30.9 Å². The first kappa shape index (κ1) is 11.3. The van der Waals surface area contributed by atoms with E-state index in [1.807, 2.05) is 18.2 Å². The predicted molar refractivity (Wildman–Crippen MR) is 63.5 cm³/mol. The van der Waals surface area contributed by atoms with Gasteiger partial charge in [-0.3, -0.25) is 0 Å². The van der Waals surface area contributed by atoms with E-state index in [1.165, 1.54) is 6.33 Å². The van der Waals surface area contributed by atoms with Crippen LogP contribution in [0.4, 0.5) is 0 Å². The lowest BCUT2D eigenvalue weighted by molar-refractivity contribution is 0.726. The van der Waals surface area contributed by atoms with Crippen molar-refractivity contribution in [3.63, 3.8) is 0 Å². The highest BCUT2D eigenvalue weighted by Gasteiger charge is 2.05. The Kier molecular flexibility index (Phi) is 3.48. The molecule has 0 aliphatic carbocycles. The van der Waals surface area contributed by atoms with E-state index < -0.39 is 0 Å². The molecule has 2 rings (SSSR count). The zero-order valence-electron chi connectivity index (χ0n) is 9.59. The molecule has 0 atom stereocenters. The van der Waals surface area contributed by atoms with E-state index >= 15 is 0 Å². The molecule has 0 spiro atoms. The molecule has 0 bridgehead atoms. The van der Waals surface area contributed by atoms with Crippen LogP contribution in [0.5, 0.6) is 0 Å². The highest BCUT2D eigenvalue weighted by Crippen LogP contribution is 2.14. The molecular weight excluding hydrogens is 214 g/mol. The molecule has 1 N–H and O–H groups in total. The maximum atomic E-state index is 9.14. The fourth-order valence-corrected chi connectivity index (χ4v) is 1.58. The number of rotatable bonds is 4. The van der Waals surface area contributed by atoms with Crippen molar-refractivity contribution in [3.8, 4) is 11.8 Å². The average Bonchev–Trinajstić information content (AvgIpc) is 2.89. The zero-order chi connectivity index (χ0) is 12.1. The summed E-state index contributed by atoms with van der Waals surface area (Å²) in [6.07, 6.45) is 3.04. The van der Waals surface area contributed by atoms with Crippen LogP contribution in [0, 0.1) is 11.3 Å². The highest BCUT2D eigenvalue weighted by atomic mass is 15.3. The van der Waals surface area contributed by atoms with Crippen LogP contribution >= 0.6 is 0 Å². The first-order chi connectivity index (χ1) is 8.35. The first-order valence-electron chi connectivity index (χ1n) is 5.44. The molecule has 1 heterocycles. The van der Waals surface area contributed by atoms with Gasteiger partial charge in [-0.2, -0.15) is 10.4 Å². The molecule has 2 aromatic rings. The Bertz CT molecular complexity index is 524. The van der Waals surface area contributed by atoms with Gasteiger partial charge in [-0.05, 0) is 24.2 Å². The molecule has 17 heavy (non-hydrogen) atoms. The van der Waals surface area contributed by atoms with E-state index in [9.17, 15) is 0 Å². The van der Waals surface area contributed by atoms with Crippen LogP contribution in [-0.2, 0) is 6.54 Å². The van der Waals surface area contributed by atoms with Gasteiger partial charge in [0.2, 0.25) is 0 Å². The summed E-state index contributed by atoms with van der Waals surface area (Å²) in [5, 5.41) is 16.4. The molecule has 0 fully saturated rings. The van der Waals surface area contributed by atoms with E-state index in [1.54, 1.807) is 11.0 Å². The summed E-state index contributed by atoms with van der Waals surface area (Å²) < 4.78 is 1.59. The maximum absolute atomic E-state index is 9.14. The summed E-state index contributed by atoms with van der Waals surface area (Å²) in [4.78, 5) is 3.88. The molecule has 0 unspecified atom stereocenters. The Balaban J connectivity index is 2.33. The van der Waals surface area contributed by atoms with Crippen LogP contribution in [0.1, 0.15) is 18.1 Å². The lowest BCUT2D eigenvalue weighted by atomic mass is 10.1. The van der Waals surface area contributed by atoms with Crippen molar-refractivity contribution in [2.45, 2.75) is 13.5 Å². The van der Waals surface area contributed by atoms with Gasteiger partial charge in [0, 0.05) is 6.54 Å². The predicted octanol–water partition coefficient (Wildman–Crippen LogP) is 1.25. The summed E-state index contributed by atoms with van der Waals surface area (Å²) in [7, 11) is 0. The number of nitrogens with zero attached hydrogens (tertiary/aromatic N) is 4. The minimum absolute atomic E-state index is 0.603. The number of hydrogen-bond donors (Lipinski definition) is 1. The second-order valence-corrected chi connectivity index (χ2v) is 3.58. The molecule has 0 saturated carbocycles. The van der Waals surface area contributed by atoms with Crippen molar-refractivity contribution >= 4 is 0 Å². The van der Waals surface area contributed by atoms with Gasteiger partial charge in [0.1, 0.15) is 18.7 Å². The summed E-state index contributed by atoms with van der Waals surface area (Å²) >= 11 is 0. The summed E-state index contributed by atoms with van der Waals surface area (Å²) in [6.45, 7) is 3.73. The number of nitrogens with one attached hydrogen (secondary N) is 1. The molecule has 0 saturated heterocycles. The van der Waals surface area contributed by atoms with Crippen molar-refractivity contribution in [1.29, 1.82) is 5.26 Å². The van der Waals surface area contributed by atoms with E-state index in [0.29, 0.717) is 5.56 Å². The average molecular weight is 227 g/mol. The summed E-state index contributed by atoms with van der Waals surface area (Å²) in [5.74, 6) is 0. The fraction of sp³-hybridized carbons (Fsp3) is 0.250. The van der Waals surface area contributed by atoms with Crippen LogP contribution < -0.4 is 5.32 Å². The molecule has 1 aromatic heterocycles. The lowest BCUT2D eigenvalue weighted by Crippen LogP contribution is -2.12. The second-order valence-electron chi connectivity index (χ2n) is 3.58. The molecule has 1 aromatic carbocycles. The van der Waals surface area contributed by atoms with Crippen molar-refractivity contribution in [3.05, 3.63) is 42.0 Å². The lowest BCUT2D eigenvalue weighted by Gasteiger charge is -2.06. The fourth-order valence-electron chi connectivity index (χ4n) is 1.58. The van der Waals surface area contributed by atoms with Gasteiger partial charge in [-0.15, -0.1) is 0 Å². The minimum atomic E-state index is 0.603. The van der Waals surface area contributed by atoms with Gasteiger partial charge in [0.05, 0.1) is 11.3 Å². The maximum Gasteiger partial charge on any atom is 0.138 e. The van der Waals surface area contributed by atoms with E-state index in [0.717, 1.165) is 24.3 Å². The van der Waals surface area contributed by atoms with Crippen molar-refractivity contribution in [2.24, 2.45) is 0 Å². The van der Waals surface area contributed by atoms with Crippen molar-refractivity contribution < 1.29 is 0 Å². The number of benzene rings is 1. The number of aromatic nitrogens is 3. The zero-order valence-corrected chi connectivity index (χ0v) is 9.59. The smallest absolute Gasteiger partial charge is 0.138 e. The van der Waals surface area contributed by atoms with Gasteiger partial charge in [0.15, 0.2) is 0 Å². The monoisotopic (exact) mass is 227 g/mol. The minimum Gasteiger partial charge on any atom is -0.313 e. The van der Waals surface area contributed by atoms with Gasteiger partial charge in [-0.1, -0.05) is 13.0 Å². The normalized spacial score (nSPS) is 10.1. The van der Waals surface area contributed by atoms with E-state index in [-0.39, 0.29) is 0 Å². The van der Waals surface area contributed by atoms with Gasteiger partial charge in [0.25, 0.3) is 0 Å². The van der Waals surface area contributed by atoms with E-state index in [2.05, 4.69) is 28.4 Å². The van der Waals surface area contributed by atoms with Crippen LogP contribution in [0.3, 0.4) is 0 Å². The van der Waals surface area contributed by atoms with Crippen LogP contribution in [0.2, 0.25) is 0 Å². The molecule has 0 aliphatic heterocycles. The van der Waals surface area contributed by atoms with Crippen LogP contribution in [-0.4, -0.2) is 21.3 Å². The number of hydrogen-bond acceptors (Lipinski definition) is 4. The SMILES string of the molecule is CCNCc1ccc(-n2cncn2)c(C#N)c1. The Morgan fingerprint density at radius 2 is 2.35 bits per heavy atom. The topological polar surface area (TPSA) is 66.5 Å². The van der Waals surface area contributed by atoms with Crippen LogP contribution in [0.25, 0.3) is 5.69 Å². The van der Waals surface area contributed by atoms with Crippen molar-refractivity contribution in [1.82, 2.24) is 20.1 Å². The quantitative estimate of drug-likeness (QED) is 0.853. The Morgan fingerprint density at radius 1 is 1.47 bits per heavy atom. The first-order valence-corrected chi connectivity index (χ1v) is 5.44. The highest BCUT2D eigenvalue weighted by molar-refractivity contribution is 5.49. The molecule has 5 nitrogen and oxygen atoms in total. The summed E-state index contributed by atoms with van der Waals surface area (Å²) in [6, 6.07) is 7.93. The largest absolute Gasteiger partial charge is 0.313 e. The molecule has 0 radical (unpaired) electrons. The summed E-state index contributed by atoms with van der Waals surface area (Å²) in [5.41, 5.74) is 2.45. The third kappa shape index (κ3) is 2.49. The Hall–Kier alpha value is -2.19. The second kappa shape index (κ2) is 5.23. The van der Waals surface area contributed by atoms with Gasteiger partial charge < -0.3 is 5.32 Å². The Morgan fingerprint density at radius 3 is 3.00 bits per heavy atom. The third-order valence-corrected chi connectivity index (χ3v) is 2.43. The van der Waals surface area contributed by atoms with Gasteiger partial charge >= 0.3 is 0 Å². The number of nitriles is 1. The Labute approximate surface area is 99.7 Å². The molecule has 0 amide bonds. The molecular formula is C12H13N5. The third-order valence-electron chi connectivity index (χ3n) is 2.43. The molecule has 5 heteroatoms. The van der Waals surface area contributed by atoms with Gasteiger partial charge in [-0.25, -0.2) is 9.67 Å².